The molecule has 0 spiro atoms. The second-order valence-electron chi connectivity index (χ2n) is 6.24. The molecule has 0 aliphatic carbocycles. The lowest BCUT2D eigenvalue weighted by molar-refractivity contribution is -0.158. The van der Waals surface area contributed by atoms with E-state index in [1.807, 2.05) is 36.2 Å². The number of likely N-dealkylation sites (tertiary alicyclic amines) is 1. The van der Waals surface area contributed by atoms with Crippen LogP contribution in [0.4, 0.5) is 0 Å². The number of carbonyl (C=O) groups is 2. The molecule has 1 aliphatic rings. The predicted octanol–water partition coefficient (Wildman–Crippen LogP) is 2.08. The number of rotatable bonds is 6. The molecule has 1 fully saturated rings. The van der Waals surface area contributed by atoms with Crippen LogP contribution in [0, 0.1) is 11.8 Å². The van der Waals surface area contributed by atoms with Crippen LogP contribution < -0.4 is 4.74 Å². The first-order chi connectivity index (χ1) is 12.0. The molecule has 1 aromatic carbocycles. The molecule has 1 aliphatic heterocycles. The van der Waals surface area contributed by atoms with Crippen LogP contribution in [0.3, 0.4) is 0 Å². The molecule has 0 amide bonds. The van der Waals surface area contributed by atoms with Gasteiger partial charge in [0.1, 0.15) is 5.75 Å². The smallest absolute Gasteiger partial charge is 0.310 e. The first kappa shape index (κ1) is 19.2. The summed E-state index contributed by atoms with van der Waals surface area (Å²) in [4.78, 5) is 27.1. The fraction of sp³-hybridized carbons (Fsp3) is 0.579. The minimum atomic E-state index is -0.415. The molecule has 25 heavy (non-hydrogen) atoms. The van der Waals surface area contributed by atoms with Crippen LogP contribution in [-0.2, 0) is 19.1 Å². The van der Waals surface area contributed by atoms with Gasteiger partial charge in [-0.05, 0) is 38.6 Å². The molecule has 2 atom stereocenters. The summed E-state index contributed by atoms with van der Waals surface area (Å²) in [5.74, 6) is -0.923. The van der Waals surface area contributed by atoms with E-state index in [2.05, 4.69) is 0 Å². The van der Waals surface area contributed by atoms with Crippen LogP contribution in [0.2, 0.25) is 0 Å². The zero-order valence-corrected chi connectivity index (χ0v) is 15.4. The van der Waals surface area contributed by atoms with E-state index < -0.39 is 11.8 Å². The van der Waals surface area contributed by atoms with Crippen molar-refractivity contribution in [3.63, 3.8) is 0 Å². The highest BCUT2D eigenvalue weighted by molar-refractivity contribution is 5.79. The number of piperidine rings is 1. The number of hydrogen-bond acceptors (Lipinski definition) is 6. The summed E-state index contributed by atoms with van der Waals surface area (Å²) in [7, 11) is 3.51. The largest absolute Gasteiger partial charge is 0.497 e. The summed E-state index contributed by atoms with van der Waals surface area (Å²) in [6, 6.07) is 7.51. The van der Waals surface area contributed by atoms with Gasteiger partial charge in [-0.15, -0.1) is 0 Å². The lowest BCUT2D eigenvalue weighted by Crippen LogP contribution is -2.49. The number of esters is 2. The van der Waals surface area contributed by atoms with Gasteiger partial charge in [0, 0.05) is 19.0 Å². The summed E-state index contributed by atoms with van der Waals surface area (Å²) in [6.45, 7) is 5.30. The second kappa shape index (κ2) is 8.85. The van der Waals surface area contributed by atoms with E-state index in [1.54, 1.807) is 21.0 Å². The van der Waals surface area contributed by atoms with E-state index in [1.165, 1.54) is 0 Å². The third-order valence-electron chi connectivity index (χ3n) is 4.56. The van der Waals surface area contributed by atoms with Crippen molar-refractivity contribution in [1.29, 1.82) is 0 Å². The van der Waals surface area contributed by atoms with Crippen molar-refractivity contribution in [2.75, 3.05) is 40.5 Å². The molecular formula is C19H27NO5. The highest BCUT2D eigenvalue weighted by atomic mass is 16.5. The number of ether oxygens (including phenoxy) is 3. The van der Waals surface area contributed by atoms with Crippen molar-refractivity contribution < 1.29 is 23.8 Å². The Balaban J connectivity index is 2.40. The average Bonchev–Trinajstić information content (AvgIpc) is 2.61. The zero-order valence-electron chi connectivity index (χ0n) is 15.4. The van der Waals surface area contributed by atoms with Crippen LogP contribution in [0.1, 0.15) is 25.3 Å². The second-order valence-corrected chi connectivity index (χ2v) is 6.24. The summed E-state index contributed by atoms with van der Waals surface area (Å²) in [6.07, 6.45) is 0. The third kappa shape index (κ3) is 4.51. The molecule has 0 radical (unpaired) electrons. The van der Waals surface area contributed by atoms with Gasteiger partial charge in [-0.25, -0.2) is 0 Å². The van der Waals surface area contributed by atoms with E-state index in [9.17, 15) is 9.59 Å². The first-order valence-corrected chi connectivity index (χ1v) is 8.67. The standard InChI is InChI=1S/C19H27NO5/c1-5-24-18(21)15-11-20(3)12-16(19(22)25-6-2)17(15)13-7-9-14(23-4)10-8-13/h7-10,15-17H,5-6,11-12H2,1-4H3. The van der Waals surface area contributed by atoms with Crippen molar-refractivity contribution >= 4 is 11.9 Å². The molecule has 0 saturated carbocycles. The molecule has 0 aromatic heterocycles. The molecule has 1 saturated heterocycles. The quantitative estimate of drug-likeness (QED) is 0.733. The molecular weight excluding hydrogens is 322 g/mol. The molecule has 2 unspecified atom stereocenters. The van der Waals surface area contributed by atoms with E-state index in [0.717, 1.165) is 11.3 Å². The summed E-state index contributed by atoms with van der Waals surface area (Å²) < 4.78 is 15.8. The van der Waals surface area contributed by atoms with Crippen LogP contribution in [0.25, 0.3) is 0 Å². The maximum absolute atomic E-state index is 12.6. The van der Waals surface area contributed by atoms with E-state index in [0.29, 0.717) is 26.3 Å². The maximum Gasteiger partial charge on any atom is 0.310 e. The van der Waals surface area contributed by atoms with Gasteiger partial charge < -0.3 is 19.1 Å². The normalized spacial score (nSPS) is 23.8. The Labute approximate surface area is 149 Å². The molecule has 1 aromatic rings. The van der Waals surface area contributed by atoms with Crippen molar-refractivity contribution in [2.24, 2.45) is 11.8 Å². The van der Waals surface area contributed by atoms with Crippen molar-refractivity contribution in [2.45, 2.75) is 19.8 Å². The molecule has 2 rings (SSSR count). The highest BCUT2D eigenvalue weighted by Gasteiger charge is 2.45. The molecule has 0 N–H and O–H groups in total. The van der Waals surface area contributed by atoms with Gasteiger partial charge in [-0.3, -0.25) is 9.59 Å². The Morgan fingerprint density at radius 2 is 1.48 bits per heavy atom. The minimum Gasteiger partial charge on any atom is -0.497 e. The average molecular weight is 349 g/mol. The Hall–Kier alpha value is -2.08. The van der Waals surface area contributed by atoms with Gasteiger partial charge in [0.2, 0.25) is 0 Å². The van der Waals surface area contributed by atoms with Crippen LogP contribution in [0.15, 0.2) is 24.3 Å². The highest BCUT2D eigenvalue weighted by Crippen LogP contribution is 2.39. The fourth-order valence-corrected chi connectivity index (χ4v) is 3.49. The van der Waals surface area contributed by atoms with Gasteiger partial charge in [0.25, 0.3) is 0 Å². The monoisotopic (exact) mass is 349 g/mol. The van der Waals surface area contributed by atoms with Gasteiger partial charge >= 0.3 is 11.9 Å². The first-order valence-electron chi connectivity index (χ1n) is 8.67. The third-order valence-corrected chi connectivity index (χ3v) is 4.56. The van der Waals surface area contributed by atoms with Gasteiger partial charge in [0.05, 0.1) is 32.2 Å². The van der Waals surface area contributed by atoms with Crippen molar-refractivity contribution in [1.82, 2.24) is 4.90 Å². The van der Waals surface area contributed by atoms with Gasteiger partial charge in [0.15, 0.2) is 0 Å². The predicted molar refractivity (Wildman–Crippen MR) is 93.5 cm³/mol. The Kier molecular flexibility index (Phi) is 6.82. The van der Waals surface area contributed by atoms with Crippen molar-refractivity contribution in [3.8, 4) is 5.75 Å². The number of methoxy groups -OCH3 is 1. The Morgan fingerprint density at radius 1 is 1.00 bits per heavy atom. The molecule has 6 heteroatoms. The molecule has 0 bridgehead atoms. The van der Waals surface area contributed by atoms with Crippen LogP contribution >= 0.6 is 0 Å². The Bertz CT molecular complexity index is 558. The number of benzene rings is 1. The topological polar surface area (TPSA) is 65.1 Å². The van der Waals surface area contributed by atoms with Crippen molar-refractivity contribution in [3.05, 3.63) is 29.8 Å². The lowest BCUT2D eigenvalue weighted by Gasteiger charge is -2.40. The van der Waals surface area contributed by atoms with E-state index >= 15 is 0 Å². The van der Waals surface area contributed by atoms with Crippen LogP contribution in [-0.4, -0.2) is 57.3 Å². The summed E-state index contributed by atoms with van der Waals surface area (Å²) in [5.41, 5.74) is 0.921. The fourth-order valence-electron chi connectivity index (χ4n) is 3.49. The molecule has 1 heterocycles. The number of hydrogen-bond donors (Lipinski definition) is 0. The van der Waals surface area contributed by atoms with Gasteiger partial charge in [-0.1, -0.05) is 12.1 Å². The number of nitrogens with zero attached hydrogens (tertiary/aromatic N) is 1. The SMILES string of the molecule is CCOC(=O)C1CN(C)CC(C(=O)OCC)C1c1ccc(OC)cc1. The zero-order chi connectivity index (χ0) is 18.4. The maximum atomic E-state index is 12.6. The van der Waals surface area contributed by atoms with E-state index in [-0.39, 0.29) is 17.9 Å². The minimum absolute atomic E-state index is 0.274. The molecule has 138 valence electrons. The van der Waals surface area contributed by atoms with Gasteiger partial charge in [-0.2, -0.15) is 0 Å². The summed E-state index contributed by atoms with van der Waals surface area (Å²) >= 11 is 0. The van der Waals surface area contributed by atoms with E-state index in [4.69, 9.17) is 14.2 Å². The Morgan fingerprint density at radius 3 is 1.88 bits per heavy atom. The van der Waals surface area contributed by atoms with Crippen LogP contribution in [0.5, 0.6) is 5.75 Å². The lowest BCUT2D eigenvalue weighted by atomic mass is 9.73. The number of carbonyl (C=O) groups excluding carboxylic acids is 2. The molecule has 6 nitrogen and oxygen atoms in total. The summed E-state index contributed by atoms with van der Waals surface area (Å²) in [5, 5.41) is 0.